The van der Waals surface area contributed by atoms with Crippen molar-refractivity contribution in [3.8, 4) is 0 Å². The molecule has 0 aliphatic heterocycles. The number of sulfonamides is 1. The largest absolute Gasteiger partial charge is 0.397 e. The summed E-state index contributed by atoms with van der Waals surface area (Å²) >= 11 is 0. The van der Waals surface area contributed by atoms with Crippen LogP contribution in [0, 0.1) is 25.7 Å². The Hall–Kier alpha value is -1.07. The number of rotatable bonds is 6. The summed E-state index contributed by atoms with van der Waals surface area (Å²) in [6.45, 7) is 5.01. The summed E-state index contributed by atoms with van der Waals surface area (Å²) in [6.07, 6.45) is 4.61. The maximum absolute atomic E-state index is 13.1. The molecule has 1 aromatic carbocycles. The minimum atomic E-state index is -3.49. The van der Waals surface area contributed by atoms with E-state index in [1.54, 1.807) is 4.31 Å². The van der Waals surface area contributed by atoms with Crippen molar-refractivity contribution < 1.29 is 8.42 Å². The minimum Gasteiger partial charge on any atom is -0.397 e. The van der Waals surface area contributed by atoms with E-state index >= 15 is 0 Å². The molecule has 0 radical (unpaired) electrons. The fourth-order valence-corrected chi connectivity index (χ4v) is 4.71. The first-order chi connectivity index (χ1) is 9.89. The maximum Gasteiger partial charge on any atom is 0.245 e. The molecule has 3 rings (SSSR count). The molecule has 2 aliphatic carbocycles. The van der Waals surface area contributed by atoms with E-state index in [1.807, 2.05) is 26.0 Å². The van der Waals surface area contributed by atoms with Crippen molar-refractivity contribution in [2.24, 2.45) is 11.8 Å². The third-order valence-electron chi connectivity index (χ3n) is 4.53. The molecule has 2 N–H and O–H groups in total. The third-order valence-corrected chi connectivity index (χ3v) is 6.56. The van der Waals surface area contributed by atoms with Crippen molar-refractivity contribution in [3.05, 3.63) is 23.3 Å². The highest BCUT2D eigenvalue weighted by atomic mass is 32.2. The van der Waals surface area contributed by atoms with E-state index in [0.717, 1.165) is 36.8 Å². The second-order valence-corrected chi connectivity index (χ2v) is 8.53. The van der Waals surface area contributed by atoms with Crippen LogP contribution in [0.3, 0.4) is 0 Å². The third kappa shape index (κ3) is 3.09. The molecule has 0 bridgehead atoms. The summed E-state index contributed by atoms with van der Waals surface area (Å²) in [5.74, 6) is 1.09. The van der Waals surface area contributed by atoms with Gasteiger partial charge in [0.15, 0.2) is 0 Å². The van der Waals surface area contributed by atoms with Gasteiger partial charge in [-0.1, -0.05) is 12.1 Å². The number of aryl methyl sites for hydroxylation is 2. The van der Waals surface area contributed by atoms with E-state index in [9.17, 15) is 8.42 Å². The Labute approximate surface area is 127 Å². The normalized spacial score (nSPS) is 19.2. The Balaban J connectivity index is 1.97. The zero-order valence-electron chi connectivity index (χ0n) is 12.8. The van der Waals surface area contributed by atoms with Crippen LogP contribution in [0.25, 0.3) is 0 Å². The highest BCUT2D eigenvalue weighted by molar-refractivity contribution is 7.89. The summed E-state index contributed by atoms with van der Waals surface area (Å²) in [5, 5.41) is 0. The van der Waals surface area contributed by atoms with E-state index < -0.39 is 10.0 Å². The Bertz CT molecular complexity index is 632. The van der Waals surface area contributed by atoms with Crippen molar-refractivity contribution >= 4 is 15.7 Å². The molecule has 116 valence electrons. The van der Waals surface area contributed by atoms with E-state index in [0.29, 0.717) is 35.5 Å². The second kappa shape index (κ2) is 5.29. The summed E-state index contributed by atoms with van der Waals surface area (Å²) in [6, 6.07) is 3.74. The molecular formula is C16H24N2O2S. The van der Waals surface area contributed by atoms with Crippen LogP contribution in [0.5, 0.6) is 0 Å². The number of hydrogen-bond donors (Lipinski definition) is 1. The lowest BCUT2D eigenvalue weighted by Crippen LogP contribution is -2.35. The molecular weight excluding hydrogens is 284 g/mol. The van der Waals surface area contributed by atoms with Crippen LogP contribution in [0.1, 0.15) is 36.8 Å². The van der Waals surface area contributed by atoms with Crippen molar-refractivity contribution in [3.63, 3.8) is 0 Å². The molecule has 2 fully saturated rings. The fraction of sp³-hybridized carbons (Fsp3) is 0.625. The van der Waals surface area contributed by atoms with Crippen molar-refractivity contribution in [1.82, 2.24) is 4.31 Å². The Morgan fingerprint density at radius 1 is 1.05 bits per heavy atom. The van der Waals surface area contributed by atoms with Crippen molar-refractivity contribution in [2.45, 2.75) is 44.4 Å². The molecule has 1 aromatic rings. The second-order valence-electron chi connectivity index (χ2n) is 6.65. The summed E-state index contributed by atoms with van der Waals surface area (Å²) in [7, 11) is -3.49. The predicted octanol–water partition coefficient (Wildman–Crippen LogP) is 2.70. The van der Waals surface area contributed by atoms with Crippen molar-refractivity contribution in [2.75, 3.05) is 18.8 Å². The molecule has 0 amide bonds. The van der Waals surface area contributed by atoms with Crippen LogP contribution in [0.4, 0.5) is 5.69 Å². The van der Waals surface area contributed by atoms with Gasteiger partial charge in [-0.2, -0.15) is 4.31 Å². The van der Waals surface area contributed by atoms with E-state index in [1.165, 1.54) is 0 Å². The number of nitrogens with zero attached hydrogens (tertiary/aromatic N) is 1. The van der Waals surface area contributed by atoms with Gasteiger partial charge in [0.1, 0.15) is 4.90 Å². The molecule has 0 saturated heterocycles. The van der Waals surface area contributed by atoms with Gasteiger partial charge in [0, 0.05) is 13.1 Å². The molecule has 0 atom stereocenters. The minimum absolute atomic E-state index is 0.323. The molecule has 21 heavy (non-hydrogen) atoms. The molecule has 2 aliphatic rings. The van der Waals surface area contributed by atoms with Crippen LogP contribution in [0.2, 0.25) is 0 Å². The molecule has 0 heterocycles. The van der Waals surface area contributed by atoms with Gasteiger partial charge in [-0.25, -0.2) is 8.42 Å². The fourth-order valence-electron chi connectivity index (χ4n) is 2.73. The van der Waals surface area contributed by atoms with Gasteiger partial charge in [-0.3, -0.25) is 0 Å². The lowest BCUT2D eigenvalue weighted by molar-refractivity contribution is 0.382. The first-order valence-electron chi connectivity index (χ1n) is 7.75. The van der Waals surface area contributed by atoms with Gasteiger partial charge in [0.25, 0.3) is 0 Å². The molecule has 2 saturated carbocycles. The topological polar surface area (TPSA) is 63.4 Å². The zero-order valence-corrected chi connectivity index (χ0v) is 13.6. The zero-order chi connectivity index (χ0) is 15.2. The lowest BCUT2D eigenvalue weighted by atomic mass is 10.1. The summed E-state index contributed by atoms with van der Waals surface area (Å²) in [5.41, 5.74) is 8.08. The van der Waals surface area contributed by atoms with Gasteiger partial charge < -0.3 is 5.73 Å². The highest BCUT2D eigenvalue weighted by Gasteiger charge is 2.37. The quantitative estimate of drug-likeness (QED) is 0.822. The number of nitrogen functional groups attached to an aromatic ring is 1. The first-order valence-corrected chi connectivity index (χ1v) is 9.19. The van der Waals surface area contributed by atoms with Gasteiger partial charge in [0.05, 0.1) is 5.69 Å². The van der Waals surface area contributed by atoms with Crippen LogP contribution in [-0.4, -0.2) is 25.8 Å². The molecule has 0 unspecified atom stereocenters. The maximum atomic E-state index is 13.1. The number of benzene rings is 1. The van der Waals surface area contributed by atoms with Gasteiger partial charge in [-0.15, -0.1) is 0 Å². The molecule has 4 nitrogen and oxygen atoms in total. The van der Waals surface area contributed by atoms with Gasteiger partial charge >= 0.3 is 0 Å². The Morgan fingerprint density at radius 3 is 2.00 bits per heavy atom. The van der Waals surface area contributed by atoms with Gasteiger partial charge in [0.2, 0.25) is 10.0 Å². The summed E-state index contributed by atoms with van der Waals surface area (Å²) < 4.78 is 27.9. The number of nitrogens with two attached hydrogens (primary N) is 1. The van der Waals surface area contributed by atoms with Crippen LogP contribution in [0.15, 0.2) is 17.0 Å². The van der Waals surface area contributed by atoms with E-state index in [4.69, 9.17) is 5.73 Å². The van der Waals surface area contributed by atoms with Crippen LogP contribution < -0.4 is 5.73 Å². The number of anilines is 1. The smallest absolute Gasteiger partial charge is 0.245 e. The highest BCUT2D eigenvalue weighted by Crippen LogP contribution is 2.37. The number of hydrogen-bond acceptors (Lipinski definition) is 3. The average Bonchev–Trinajstić information content (AvgIpc) is 3.28. The van der Waals surface area contributed by atoms with Gasteiger partial charge in [-0.05, 0) is 62.5 Å². The lowest BCUT2D eigenvalue weighted by Gasteiger charge is -2.24. The van der Waals surface area contributed by atoms with Crippen molar-refractivity contribution in [1.29, 1.82) is 0 Å². The summed E-state index contributed by atoms with van der Waals surface area (Å²) in [4.78, 5) is 0.323. The first kappa shape index (κ1) is 14.9. The molecule has 0 spiro atoms. The van der Waals surface area contributed by atoms with Crippen LogP contribution >= 0.6 is 0 Å². The predicted molar refractivity (Wildman–Crippen MR) is 84.5 cm³/mol. The Morgan fingerprint density at radius 2 is 1.52 bits per heavy atom. The monoisotopic (exact) mass is 308 g/mol. The van der Waals surface area contributed by atoms with E-state index in [2.05, 4.69) is 0 Å². The Kier molecular flexibility index (Phi) is 3.74. The molecule has 5 heteroatoms. The van der Waals surface area contributed by atoms with E-state index in [-0.39, 0.29) is 0 Å². The average molecular weight is 308 g/mol. The standard InChI is InChI=1S/C16H24N2O2S/c1-11-3-4-12(2)16(15(11)17)21(19,20)18(9-13-5-6-13)10-14-7-8-14/h3-4,13-14H,5-10,17H2,1-2H3. The van der Waals surface area contributed by atoms with Crippen LogP contribution in [-0.2, 0) is 10.0 Å². The molecule has 0 aromatic heterocycles. The SMILES string of the molecule is Cc1ccc(C)c(S(=O)(=O)N(CC2CC2)CC2CC2)c1N.